The molecule has 0 saturated carbocycles. The SMILES string of the molecule is CC(C)OCC(=O)Nc1ccc(C(=O)N(C)C)cc1. The van der Waals surface area contributed by atoms with Crippen LogP contribution < -0.4 is 5.32 Å². The third-order valence-corrected chi connectivity index (χ3v) is 2.37. The lowest BCUT2D eigenvalue weighted by molar-refractivity contribution is -0.121. The lowest BCUT2D eigenvalue weighted by Gasteiger charge is -2.11. The van der Waals surface area contributed by atoms with Crippen molar-refractivity contribution in [2.45, 2.75) is 20.0 Å². The molecule has 0 unspecified atom stereocenters. The summed E-state index contributed by atoms with van der Waals surface area (Å²) in [5, 5.41) is 2.70. The highest BCUT2D eigenvalue weighted by Crippen LogP contribution is 2.10. The van der Waals surface area contributed by atoms with Crippen LogP contribution in [0.2, 0.25) is 0 Å². The molecule has 104 valence electrons. The highest BCUT2D eigenvalue weighted by molar-refractivity contribution is 5.95. The van der Waals surface area contributed by atoms with Crippen LogP contribution in [0.15, 0.2) is 24.3 Å². The first kappa shape index (κ1) is 15.2. The predicted octanol–water partition coefficient (Wildman–Crippen LogP) is 1.75. The van der Waals surface area contributed by atoms with Crippen LogP contribution in [-0.4, -0.2) is 43.5 Å². The molecule has 2 amide bonds. The smallest absolute Gasteiger partial charge is 0.253 e. The van der Waals surface area contributed by atoms with Crippen molar-refractivity contribution in [3.05, 3.63) is 29.8 Å². The first-order valence-corrected chi connectivity index (χ1v) is 6.13. The van der Waals surface area contributed by atoms with Crippen LogP contribution in [0.4, 0.5) is 5.69 Å². The summed E-state index contributed by atoms with van der Waals surface area (Å²) in [5.74, 6) is -0.276. The molecule has 0 aliphatic carbocycles. The molecular formula is C14H20N2O3. The lowest BCUT2D eigenvalue weighted by atomic mass is 10.2. The molecule has 0 heterocycles. The Kier molecular flexibility index (Phi) is 5.51. The maximum Gasteiger partial charge on any atom is 0.253 e. The molecule has 0 spiro atoms. The van der Waals surface area contributed by atoms with E-state index in [2.05, 4.69) is 5.32 Å². The fraction of sp³-hybridized carbons (Fsp3) is 0.429. The minimum absolute atomic E-state index is 0.0193. The number of rotatable bonds is 5. The number of benzene rings is 1. The van der Waals surface area contributed by atoms with Gasteiger partial charge >= 0.3 is 0 Å². The van der Waals surface area contributed by atoms with Gasteiger partial charge in [-0.1, -0.05) is 0 Å². The summed E-state index contributed by atoms with van der Waals surface area (Å²) in [5.41, 5.74) is 1.23. The van der Waals surface area contributed by atoms with Crippen molar-refractivity contribution in [1.82, 2.24) is 4.90 Å². The van der Waals surface area contributed by atoms with Gasteiger partial charge in [-0.15, -0.1) is 0 Å². The fourth-order valence-electron chi connectivity index (χ4n) is 1.39. The standard InChI is InChI=1S/C14H20N2O3/c1-10(2)19-9-13(17)15-12-7-5-11(6-8-12)14(18)16(3)4/h5-8,10H,9H2,1-4H3,(H,15,17). The molecule has 19 heavy (non-hydrogen) atoms. The summed E-state index contributed by atoms with van der Waals surface area (Å²) in [6.45, 7) is 3.76. The van der Waals surface area contributed by atoms with Gasteiger partial charge in [0.15, 0.2) is 0 Å². The monoisotopic (exact) mass is 264 g/mol. The van der Waals surface area contributed by atoms with Crippen molar-refractivity contribution >= 4 is 17.5 Å². The minimum atomic E-state index is -0.208. The molecule has 0 fully saturated rings. The van der Waals surface area contributed by atoms with Crippen molar-refractivity contribution in [1.29, 1.82) is 0 Å². The number of nitrogens with zero attached hydrogens (tertiary/aromatic N) is 1. The van der Waals surface area contributed by atoms with Gasteiger partial charge in [0, 0.05) is 25.3 Å². The van der Waals surface area contributed by atoms with Gasteiger partial charge in [-0.3, -0.25) is 9.59 Å². The quantitative estimate of drug-likeness (QED) is 0.881. The van der Waals surface area contributed by atoms with E-state index in [1.165, 1.54) is 4.90 Å². The summed E-state index contributed by atoms with van der Waals surface area (Å²) < 4.78 is 5.20. The molecule has 0 radical (unpaired) electrons. The number of nitrogens with one attached hydrogen (secondary N) is 1. The van der Waals surface area contributed by atoms with Crippen molar-refractivity contribution in [3.8, 4) is 0 Å². The highest BCUT2D eigenvalue weighted by Gasteiger charge is 2.08. The van der Waals surface area contributed by atoms with Gasteiger partial charge in [0.05, 0.1) is 6.10 Å². The second kappa shape index (κ2) is 6.89. The summed E-state index contributed by atoms with van der Waals surface area (Å²) >= 11 is 0. The van der Waals surface area contributed by atoms with Gasteiger partial charge in [-0.05, 0) is 38.1 Å². The average Bonchev–Trinajstić information content (AvgIpc) is 2.36. The molecule has 0 aromatic heterocycles. The van der Waals surface area contributed by atoms with E-state index < -0.39 is 0 Å². The summed E-state index contributed by atoms with van der Waals surface area (Å²) in [4.78, 5) is 24.7. The predicted molar refractivity (Wildman–Crippen MR) is 74.2 cm³/mol. The average molecular weight is 264 g/mol. The molecule has 0 saturated heterocycles. The molecular weight excluding hydrogens is 244 g/mol. The van der Waals surface area contributed by atoms with Crippen molar-refractivity contribution < 1.29 is 14.3 Å². The summed E-state index contributed by atoms with van der Waals surface area (Å²) in [6, 6.07) is 6.76. The topological polar surface area (TPSA) is 58.6 Å². The molecule has 1 N–H and O–H groups in total. The maximum atomic E-state index is 11.7. The Hall–Kier alpha value is -1.88. The number of amides is 2. The number of carbonyl (C=O) groups is 2. The van der Waals surface area contributed by atoms with Crippen LogP contribution in [0.5, 0.6) is 0 Å². The summed E-state index contributed by atoms with van der Waals surface area (Å²) in [6.07, 6.45) is 0.0193. The van der Waals surface area contributed by atoms with Crippen molar-refractivity contribution in [2.24, 2.45) is 0 Å². The van der Waals surface area contributed by atoms with Crippen molar-refractivity contribution in [2.75, 3.05) is 26.0 Å². The van der Waals surface area contributed by atoms with Crippen LogP contribution in [0.3, 0.4) is 0 Å². The van der Waals surface area contributed by atoms with E-state index in [0.29, 0.717) is 11.3 Å². The van der Waals surface area contributed by atoms with E-state index in [0.717, 1.165) is 0 Å². The second-order valence-electron chi connectivity index (χ2n) is 4.68. The number of ether oxygens (including phenoxy) is 1. The zero-order valence-electron chi connectivity index (χ0n) is 11.8. The molecule has 0 aliphatic heterocycles. The second-order valence-corrected chi connectivity index (χ2v) is 4.68. The lowest BCUT2D eigenvalue weighted by Crippen LogP contribution is -2.22. The first-order valence-electron chi connectivity index (χ1n) is 6.13. The van der Waals surface area contributed by atoms with Gasteiger partial charge < -0.3 is 15.0 Å². The fourth-order valence-corrected chi connectivity index (χ4v) is 1.39. The van der Waals surface area contributed by atoms with Crippen LogP contribution in [0, 0.1) is 0 Å². The van der Waals surface area contributed by atoms with E-state index in [1.807, 2.05) is 13.8 Å². The van der Waals surface area contributed by atoms with Crippen LogP contribution in [0.25, 0.3) is 0 Å². The third kappa shape index (κ3) is 5.09. The molecule has 0 atom stereocenters. The number of carbonyl (C=O) groups excluding carboxylic acids is 2. The largest absolute Gasteiger partial charge is 0.369 e. The molecule has 0 aliphatic rings. The molecule has 1 rings (SSSR count). The molecule has 0 bridgehead atoms. The van der Waals surface area contributed by atoms with Crippen LogP contribution >= 0.6 is 0 Å². The Morgan fingerprint density at radius 3 is 2.26 bits per heavy atom. The van der Waals surface area contributed by atoms with Gasteiger partial charge in [-0.25, -0.2) is 0 Å². The number of hydrogen-bond donors (Lipinski definition) is 1. The third-order valence-electron chi connectivity index (χ3n) is 2.37. The highest BCUT2D eigenvalue weighted by atomic mass is 16.5. The normalized spacial score (nSPS) is 10.4. The Labute approximate surface area is 113 Å². The zero-order chi connectivity index (χ0) is 14.4. The number of hydrogen-bond acceptors (Lipinski definition) is 3. The zero-order valence-corrected chi connectivity index (χ0v) is 11.8. The van der Waals surface area contributed by atoms with Gasteiger partial charge in [0.2, 0.25) is 5.91 Å². The van der Waals surface area contributed by atoms with Crippen LogP contribution in [-0.2, 0) is 9.53 Å². The molecule has 5 nitrogen and oxygen atoms in total. The minimum Gasteiger partial charge on any atom is -0.369 e. The van der Waals surface area contributed by atoms with E-state index in [1.54, 1.807) is 38.4 Å². The van der Waals surface area contributed by atoms with E-state index in [9.17, 15) is 9.59 Å². The number of anilines is 1. The molecule has 5 heteroatoms. The van der Waals surface area contributed by atoms with Gasteiger partial charge in [-0.2, -0.15) is 0 Å². The maximum absolute atomic E-state index is 11.7. The molecule has 1 aromatic rings. The van der Waals surface area contributed by atoms with Crippen LogP contribution in [0.1, 0.15) is 24.2 Å². The Balaban J connectivity index is 2.57. The molecule has 1 aromatic carbocycles. The first-order chi connectivity index (χ1) is 8.90. The van der Waals surface area contributed by atoms with E-state index in [4.69, 9.17) is 4.74 Å². The Morgan fingerprint density at radius 2 is 1.79 bits per heavy atom. The summed E-state index contributed by atoms with van der Waals surface area (Å²) in [7, 11) is 3.39. The Morgan fingerprint density at radius 1 is 1.21 bits per heavy atom. The van der Waals surface area contributed by atoms with Gasteiger partial charge in [0.25, 0.3) is 5.91 Å². The van der Waals surface area contributed by atoms with E-state index >= 15 is 0 Å². The van der Waals surface area contributed by atoms with E-state index in [-0.39, 0.29) is 24.5 Å². The van der Waals surface area contributed by atoms with Crippen molar-refractivity contribution in [3.63, 3.8) is 0 Å². The Bertz CT molecular complexity index is 439. The van der Waals surface area contributed by atoms with Gasteiger partial charge in [0.1, 0.15) is 6.61 Å².